The third kappa shape index (κ3) is 5.12. The lowest BCUT2D eigenvalue weighted by molar-refractivity contribution is -0.273. The van der Waals surface area contributed by atoms with Crippen LogP contribution in [0.15, 0.2) is 24.3 Å². The first-order valence-electron chi connectivity index (χ1n) is 9.17. The lowest BCUT2D eigenvalue weighted by atomic mass is 9.87. The minimum Gasteiger partial charge on any atom is -0.476 e. The van der Waals surface area contributed by atoms with Crippen molar-refractivity contribution >= 4 is 18.2 Å². The molecule has 166 valence electrons. The van der Waals surface area contributed by atoms with E-state index in [9.17, 15) is 29.7 Å². The lowest BCUT2D eigenvalue weighted by Crippen LogP contribution is -2.70. The lowest BCUT2D eigenvalue weighted by Gasteiger charge is -2.47. The average Bonchev–Trinajstić information content (AvgIpc) is 2.73. The van der Waals surface area contributed by atoms with Gasteiger partial charge in [0.1, 0.15) is 18.1 Å². The fourth-order valence-electron chi connectivity index (χ4n) is 3.29. The molecule has 0 aromatic heterocycles. The highest BCUT2D eigenvalue weighted by Crippen LogP contribution is 2.35. The van der Waals surface area contributed by atoms with Crippen molar-refractivity contribution in [1.82, 2.24) is 5.32 Å². The quantitative estimate of drug-likeness (QED) is 0.296. The number of aldehydes is 1. The molecule has 1 unspecified atom stereocenters. The largest absolute Gasteiger partial charge is 0.476 e. The van der Waals surface area contributed by atoms with Crippen LogP contribution in [0.5, 0.6) is 5.75 Å². The summed E-state index contributed by atoms with van der Waals surface area (Å²) >= 11 is 0. The number of carboxylic acid groups (broad SMARTS) is 1. The van der Waals surface area contributed by atoms with E-state index in [1.807, 2.05) is 0 Å². The van der Waals surface area contributed by atoms with Gasteiger partial charge in [0.2, 0.25) is 5.91 Å². The van der Waals surface area contributed by atoms with Crippen molar-refractivity contribution in [2.45, 2.75) is 49.5 Å². The SMILES string of the molecule is CO[C@H]1C[C@](Oc2ccc(C=O)cc2)(C(=O)O)OC([C@@H](N)[C@@H](O)CO)[C@@H]1NC(C)=O. The van der Waals surface area contributed by atoms with Crippen molar-refractivity contribution in [2.75, 3.05) is 13.7 Å². The summed E-state index contributed by atoms with van der Waals surface area (Å²) in [7, 11) is 1.32. The minimum absolute atomic E-state index is 0.103. The van der Waals surface area contributed by atoms with Gasteiger partial charge in [-0.2, -0.15) is 0 Å². The Bertz CT molecular complexity index is 757. The second-order valence-electron chi connectivity index (χ2n) is 6.96. The molecular formula is C19H26N2O9. The van der Waals surface area contributed by atoms with Crippen LogP contribution in [0.25, 0.3) is 0 Å². The van der Waals surface area contributed by atoms with Crippen molar-refractivity contribution in [3.63, 3.8) is 0 Å². The number of aliphatic hydroxyl groups is 2. The average molecular weight is 426 g/mol. The van der Waals surface area contributed by atoms with Gasteiger partial charge in [-0.15, -0.1) is 0 Å². The molecule has 1 aromatic rings. The van der Waals surface area contributed by atoms with Crippen molar-refractivity contribution in [2.24, 2.45) is 5.73 Å². The molecule has 30 heavy (non-hydrogen) atoms. The van der Waals surface area contributed by atoms with Crippen molar-refractivity contribution < 1.29 is 43.9 Å². The molecule has 1 saturated heterocycles. The van der Waals surface area contributed by atoms with E-state index in [-0.39, 0.29) is 12.2 Å². The first-order valence-corrected chi connectivity index (χ1v) is 9.17. The zero-order valence-electron chi connectivity index (χ0n) is 16.6. The van der Waals surface area contributed by atoms with Crippen LogP contribution in [0, 0.1) is 0 Å². The number of rotatable bonds is 9. The highest BCUT2D eigenvalue weighted by atomic mass is 16.7. The number of methoxy groups -OCH3 is 1. The Labute approximate surface area is 172 Å². The number of aliphatic hydroxyl groups excluding tert-OH is 2. The molecule has 1 fully saturated rings. The number of nitrogens with one attached hydrogen (secondary N) is 1. The standard InChI is InChI=1S/C19H26N2O9/c1-10(24)21-16-14(28-2)7-19(18(26)27,30-17(16)15(20)13(25)9-23)29-12-5-3-11(8-22)4-6-12/h3-6,8,13-17,23,25H,7,9,20H2,1-2H3,(H,21,24)(H,26,27)/t13-,14-,15-,16+,17?,19+/m0/s1. The van der Waals surface area contributed by atoms with E-state index >= 15 is 0 Å². The number of carbonyl (C=O) groups is 3. The van der Waals surface area contributed by atoms with Gasteiger partial charge in [0, 0.05) is 19.6 Å². The molecular weight excluding hydrogens is 400 g/mol. The molecule has 6 N–H and O–H groups in total. The number of hydrogen-bond acceptors (Lipinski definition) is 9. The van der Waals surface area contributed by atoms with E-state index < -0.39 is 54.7 Å². The minimum atomic E-state index is -2.27. The summed E-state index contributed by atoms with van der Waals surface area (Å²) in [5.74, 6) is -4.10. The Kier molecular flexibility index (Phi) is 7.87. The van der Waals surface area contributed by atoms with Gasteiger partial charge in [-0.1, -0.05) is 0 Å². The number of aliphatic carboxylic acids is 1. The molecule has 1 aliphatic rings. The van der Waals surface area contributed by atoms with Crippen LogP contribution in [-0.2, 0) is 19.1 Å². The Morgan fingerprint density at radius 2 is 2.03 bits per heavy atom. The summed E-state index contributed by atoms with van der Waals surface area (Å²) in [5, 5.41) is 31.8. The molecule has 1 amide bonds. The highest BCUT2D eigenvalue weighted by Gasteiger charge is 2.56. The third-order valence-electron chi connectivity index (χ3n) is 4.86. The smallest absolute Gasteiger partial charge is 0.377 e. The maximum atomic E-state index is 12.2. The zero-order chi connectivity index (χ0) is 22.5. The van der Waals surface area contributed by atoms with Crippen LogP contribution in [0.1, 0.15) is 23.7 Å². The van der Waals surface area contributed by atoms with Gasteiger partial charge < -0.3 is 40.6 Å². The molecule has 6 atom stereocenters. The number of carbonyl (C=O) groups excluding carboxylic acids is 2. The fraction of sp³-hybridized carbons (Fsp3) is 0.526. The Balaban J connectivity index is 2.45. The Hall–Kier alpha value is -2.57. The monoisotopic (exact) mass is 426 g/mol. The van der Waals surface area contributed by atoms with Gasteiger partial charge in [-0.05, 0) is 24.3 Å². The first-order chi connectivity index (χ1) is 14.2. The van der Waals surface area contributed by atoms with E-state index in [4.69, 9.17) is 19.9 Å². The molecule has 1 aromatic carbocycles. The molecule has 1 heterocycles. The highest BCUT2D eigenvalue weighted by molar-refractivity contribution is 5.77. The van der Waals surface area contributed by atoms with Gasteiger partial charge in [0.25, 0.3) is 0 Å². The molecule has 2 rings (SSSR count). The molecule has 11 nitrogen and oxygen atoms in total. The number of amides is 1. The molecule has 0 bridgehead atoms. The maximum absolute atomic E-state index is 12.2. The van der Waals surface area contributed by atoms with E-state index in [0.717, 1.165) is 0 Å². The zero-order valence-corrected chi connectivity index (χ0v) is 16.6. The predicted molar refractivity (Wildman–Crippen MR) is 102 cm³/mol. The van der Waals surface area contributed by atoms with Crippen molar-refractivity contribution in [3.05, 3.63) is 29.8 Å². The second-order valence-corrected chi connectivity index (χ2v) is 6.96. The molecule has 0 aliphatic carbocycles. The third-order valence-corrected chi connectivity index (χ3v) is 4.86. The number of carboxylic acids is 1. The van der Waals surface area contributed by atoms with Crippen LogP contribution in [0.4, 0.5) is 0 Å². The van der Waals surface area contributed by atoms with Crippen LogP contribution in [0.3, 0.4) is 0 Å². The maximum Gasteiger partial charge on any atom is 0.377 e. The summed E-state index contributed by atoms with van der Waals surface area (Å²) in [6.45, 7) is 0.543. The molecule has 0 radical (unpaired) electrons. The number of benzene rings is 1. The summed E-state index contributed by atoms with van der Waals surface area (Å²) in [4.78, 5) is 34.7. The van der Waals surface area contributed by atoms with Crippen molar-refractivity contribution in [3.8, 4) is 5.75 Å². The number of hydrogen-bond donors (Lipinski definition) is 5. The van der Waals surface area contributed by atoms with Gasteiger partial charge >= 0.3 is 11.8 Å². The summed E-state index contributed by atoms with van der Waals surface area (Å²) in [5.41, 5.74) is 6.37. The molecule has 0 spiro atoms. The van der Waals surface area contributed by atoms with Gasteiger partial charge in [0.15, 0.2) is 0 Å². The molecule has 1 aliphatic heterocycles. The summed E-state index contributed by atoms with van der Waals surface area (Å²) in [6, 6.07) is 3.48. The van der Waals surface area contributed by atoms with E-state index in [1.165, 1.54) is 38.3 Å². The fourth-order valence-corrected chi connectivity index (χ4v) is 3.29. The number of ether oxygens (including phenoxy) is 3. The second kappa shape index (κ2) is 9.96. The summed E-state index contributed by atoms with van der Waals surface area (Å²) < 4.78 is 16.8. The topological polar surface area (TPSA) is 178 Å². The van der Waals surface area contributed by atoms with Gasteiger partial charge in [0.05, 0.1) is 37.3 Å². The first kappa shape index (κ1) is 23.7. The predicted octanol–water partition coefficient (Wildman–Crippen LogP) is -1.35. The molecule has 11 heteroatoms. The van der Waals surface area contributed by atoms with Crippen molar-refractivity contribution in [1.29, 1.82) is 0 Å². The van der Waals surface area contributed by atoms with Gasteiger partial charge in [-0.3, -0.25) is 9.59 Å². The van der Waals surface area contributed by atoms with Gasteiger partial charge in [-0.25, -0.2) is 4.79 Å². The van der Waals surface area contributed by atoms with Crippen LogP contribution in [0.2, 0.25) is 0 Å². The van der Waals surface area contributed by atoms with Crippen LogP contribution < -0.4 is 15.8 Å². The van der Waals surface area contributed by atoms with E-state index in [0.29, 0.717) is 11.8 Å². The Morgan fingerprint density at radius 3 is 2.50 bits per heavy atom. The van der Waals surface area contributed by atoms with E-state index in [1.54, 1.807) is 0 Å². The molecule has 0 saturated carbocycles. The van der Waals surface area contributed by atoms with Crippen LogP contribution in [-0.4, -0.2) is 83.4 Å². The Morgan fingerprint density at radius 1 is 1.40 bits per heavy atom. The van der Waals surface area contributed by atoms with E-state index in [2.05, 4.69) is 5.32 Å². The number of nitrogens with two attached hydrogens (primary N) is 1. The normalized spacial score (nSPS) is 28.2. The van der Waals surface area contributed by atoms with Crippen LogP contribution >= 0.6 is 0 Å². The summed E-state index contributed by atoms with van der Waals surface area (Å²) in [6.07, 6.45) is -3.34.